The zero-order chi connectivity index (χ0) is 19.4. The lowest BCUT2D eigenvalue weighted by Crippen LogP contribution is -2.15. The van der Waals surface area contributed by atoms with Gasteiger partial charge in [-0.15, -0.1) is 0 Å². The first-order valence-corrected chi connectivity index (χ1v) is 10.7. The van der Waals surface area contributed by atoms with Crippen molar-refractivity contribution in [2.45, 2.75) is 11.8 Å². The molecule has 0 aliphatic carbocycles. The lowest BCUT2D eigenvalue weighted by atomic mass is 10.3. The third kappa shape index (κ3) is 5.40. The van der Waals surface area contributed by atoms with E-state index in [1.165, 1.54) is 31.2 Å². The number of halogens is 2. The molecule has 0 spiro atoms. The summed E-state index contributed by atoms with van der Waals surface area (Å²) in [6.45, 7) is 1.47. The molecule has 0 saturated heterocycles. The van der Waals surface area contributed by atoms with E-state index in [1.54, 1.807) is 0 Å². The Balaban J connectivity index is 2.05. The predicted octanol–water partition coefficient (Wildman–Crippen LogP) is 2.55. The number of rotatable bonds is 8. The van der Waals surface area contributed by atoms with Crippen molar-refractivity contribution in [3.8, 4) is 11.5 Å². The second-order valence-corrected chi connectivity index (χ2v) is 9.19. The van der Waals surface area contributed by atoms with Crippen LogP contribution in [-0.2, 0) is 20.0 Å². The molecule has 0 fully saturated rings. The third-order valence-electron chi connectivity index (χ3n) is 3.31. The highest BCUT2D eigenvalue weighted by Gasteiger charge is 2.18. The zero-order valence-electron chi connectivity index (χ0n) is 13.7. The highest BCUT2D eigenvalue weighted by atomic mass is 32.2. The lowest BCUT2D eigenvalue weighted by molar-refractivity contribution is 0.340. The minimum Gasteiger partial charge on any atom is -0.493 e. The molecule has 0 bridgehead atoms. The minimum absolute atomic E-state index is 0.00879. The van der Waals surface area contributed by atoms with Crippen molar-refractivity contribution in [3.05, 3.63) is 54.1 Å². The molecule has 2 rings (SSSR count). The standard InChI is InChI=1S/C16H16F2O6S2/c1-2-25(19,20)10-9-23-12-3-6-14(7-4-12)26(21,22)24-13-5-8-15(17)16(18)11-13/h3-8,11H,2,9-10H2,1H3. The largest absolute Gasteiger partial charge is 0.493 e. The molecule has 6 nitrogen and oxygen atoms in total. The van der Waals surface area contributed by atoms with Crippen molar-refractivity contribution in [1.82, 2.24) is 0 Å². The second-order valence-electron chi connectivity index (χ2n) is 5.17. The van der Waals surface area contributed by atoms with Gasteiger partial charge in [-0.05, 0) is 36.4 Å². The molecule has 0 amide bonds. The Morgan fingerprint density at radius 2 is 1.50 bits per heavy atom. The first kappa shape index (κ1) is 20.1. The first-order valence-electron chi connectivity index (χ1n) is 7.46. The molecule has 0 aromatic heterocycles. The van der Waals surface area contributed by atoms with Gasteiger partial charge in [-0.25, -0.2) is 17.2 Å². The van der Waals surface area contributed by atoms with Crippen LogP contribution >= 0.6 is 0 Å². The van der Waals surface area contributed by atoms with Gasteiger partial charge in [0, 0.05) is 11.8 Å². The van der Waals surface area contributed by atoms with Crippen LogP contribution in [0.4, 0.5) is 8.78 Å². The normalized spacial score (nSPS) is 12.0. The van der Waals surface area contributed by atoms with E-state index < -0.39 is 31.6 Å². The molecule has 0 atom stereocenters. The topological polar surface area (TPSA) is 86.7 Å². The number of benzene rings is 2. The van der Waals surface area contributed by atoms with E-state index in [1.807, 2.05) is 0 Å². The number of hydrogen-bond acceptors (Lipinski definition) is 6. The van der Waals surface area contributed by atoms with Crippen molar-refractivity contribution < 1.29 is 34.5 Å². The van der Waals surface area contributed by atoms with Gasteiger partial charge in [0.15, 0.2) is 21.5 Å². The third-order valence-corrected chi connectivity index (χ3v) is 6.24. The second kappa shape index (κ2) is 8.00. The van der Waals surface area contributed by atoms with Crippen LogP contribution in [0.25, 0.3) is 0 Å². The van der Waals surface area contributed by atoms with Gasteiger partial charge in [0.2, 0.25) is 0 Å². The van der Waals surface area contributed by atoms with E-state index in [2.05, 4.69) is 0 Å². The fraction of sp³-hybridized carbons (Fsp3) is 0.250. The Hall–Kier alpha value is -2.20. The van der Waals surface area contributed by atoms with Gasteiger partial charge >= 0.3 is 10.1 Å². The summed E-state index contributed by atoms with van der Waals surface area (Å²) in [5, 5.41) is 0. The Kier molecular flexibility index (Phi) is 6.19. The van der Waals surface area contributed by atoms with Crippen molar-refractivity contribution in [1.29, 1.82) is 0 Å². The van der Waals surface area contributed by atoms with Crippen molar-refractivity contribution >= 4 is 20.0 Å². The molecule has 0 saturated carbocycles. The van der Waals surface area contributed by atoms with E-state index in [4.69, 9.17) is 8.92 Å². The predicted molar refractivity (Wildman–Crippen MR) is 90.4 cm³/mol. The number of sulfone groups is 1. The summed E-state index contributed by atoms with van der Waals surface area (Å²) in [4.78, 5) is -0.226. The molecule has 0 aliphatic heterocycles. The van der Waals surface area contributed by atoms with Crippen LogP contribution in [0.2, 0.25) is 0 Å². The fourth-order valence-electron chi connectivity index (χ4n) is 1.84. The fourth-order valence-corrected chi connectivity index (χ4v) is 3.39. The summed E-state index contributed by atoms with van der Waals surface area (Å²) in [7, 11) is -7.41. The van der Waals surface area contributed by atoms with Crippen molar-refractivity contribution in [2.24, 2.45) is 0 Å². The molecule has 142 valence electrons. The molecule has 0 N–H and O–H groups in total. The maximum atomic E-state index is 13.1. The molecule has 26 heavy (non-hydrogen) atoms. The van der Waals surface area contributed by atoms with Gasteiger partial charge in [0.25, 0.3) is 0 Å². The quantitative estimate of drug-likeness (QED) is 0.626. The molecule has 10 heteroatoms. The van der Waals surface area contributed by atoms with Gasteiger partial charge in [-0.3, -0.25) is 0 Å². The van der Waals surface area contributed by atoms with E-state index in [9.17, 15) is 25.6 Å². The van der Waals surface area contributed by atoms with Crippen LogP contribution < -0.4 is 8.92 Å². The molecular weight excluding hydrogens is 390 g/mol. The van der Waals surface area contributed by atoms with Crippen LogP contribution in [0, 0.1) is 11.6 Å². The highest BCUT2D eigenvalue weighted by molar-refractivity contribution is 7.91. The zero-order valence-corrected chi connectivity index (χ0v) is 15.3. The summed E-state index contributed by atoms with van der Waals surface area (Å²) < 4.78 is 83.0. The summed E-state index contributed by atoms with van der Waals surface area (Å²) >= 11 is 0. The molecule has 0 radical (unpaired) electrons. The lowest BCUT2D eigenvalue weighted by Gasteiger charge is -2.09. The number of hydrogen-bond donors (Lipinski definition) is 0. The van der Waals surface area contributed by atoms with Crippen LogP contribution in [-0.4, -0.2) is 34.9 Å². The van der Waals surface area contributed by atoms with Crippen LogP contribution in [0.3, 0.4) is 0 Å². The van der Waals surface area contributed by atoms with Gasteiger partial charge in [0.1, 0.15) is 23.0 Å². The Morgan fingerprint density at radius 3 is 2.08 bits per heavy atom. The van der Waals surface area contributed by atoms with Crippen molar-refractivity contribution in [3.63, 3.8) is 0 Å². The summed E-state index contributed by atoms with van der Waals surface area (Å²) in [6.07, 6.45) is 0. The van der Waals surface area contributed by atoms with Crippen LogP contribution in [0.1, 0.15) is 6.92 Å². The van der Waals surface area contributed by atoms with Gasteiger partial charge < -0.3 is 8.92 Å². The van der Waals surface area contributed by atoms with Gasteiger partial charge in [-0.2, -0.15) is 8.42 Å². The Labute approximate surface area is 150 Å². The maximum Gasteiger partial charge on any atom is 0.339 e. The molecule has 0 aliphatic rings. The minimum atomic E-state index is -4.25. The summed E-state index contributed by atoms with van der Waals surface area (Å²) in [6, 6.07) is 7.42. The van der Waals surface area contributed by atoms with Crippen molar-refractivity contribution in [2.75, 3.05) is 18.1 Å². The smallest absolute Gasteiger partial charge is 0.339 e. The van der Waals surface area contributed by atoms with E-state index in [0.717, 1.165) is 12.1 Å². The maximum absolute atomic E-state index is 13.1. The van der Waals surface area contributed by atoms with E-state index in [-0.39, 0.29) is 34.5 Å². The summed E-state index contributed by atoms with van der Waals surface area (Å²) in [5.41, 5.74) is 0. The molecule has 0 unspecified atom stereocenters. The van der Waals surface area contributed by atoms with Gasteiger partial charge in [0.05, 0.1) is 5.75 Å². The van der Waals surface area contributed by atoms with E-state index >= 15 is 0 Å². The molecule has 2 aromatic carbocycles. The number of ether oxygens (including phenoxy) is 1. The highest BCUT2D eigenvalue weighted by Crippen LogP contribution is 2.22. The van der Waals surface area contributed by atoms with Gasteiger partial charge in [-0.1, -0.05) is 6.92 Å². The first-order chi connectivity index (χ1) is 12.1. The SMILES string of the molecule is CCS(=O)(=O)CCOc1ccc(S(=O)(=O)Oc2ccc(F)c(F)c2)cc1. The van der Waals surface area contributed by atoms with E-state index in [0.29, 0.717) is 6.07 Å². The Bertz CT molecular complexity index is 970. The average molecular weight is 406 g/mol. The van der Waals surface area contributed by atoms with Crippen LogP contribution in [0.5, 0.6) is 11.5 Å². The average Bonchev–Trinajstić information content (AvgIpc) is 2.58. The Morgan fingerprint density at radius 1 is 0.885 bits per heavy atom. The molecule has 2 aromatic rings. The molecular formula is C16H16F2O6S2. The summed E-state index contributed by atoms with van der Waals surface area (Å²) in [5.74, 6) is -2.58. The monoisotopic (exact) mass is 406 g/mol. The van der Waals surface area contributed by atoms with Crippen LogP contribution in [0.15, 0.2) is 47.4 Å². The molecule has 0 heterocycles.